The number of benzene rings is 1. The number of nitrogens with two attached hydrogens (primary N) is 1. The summed E-state index contributed by atoms with van der Waals surface area (Å²) in [6.45, 7) is -0.719. The maximum Gasteiger partial charge on any atom is 0.342 e. The molecule has 1 aromatic carbocycles. The second-order valence-electron chi connectivity index (χ2n) is 2.67. The molecule has 6 heteroatoms. The average Bonchev–Trinajstić information content (AvgIpc) is 2.14. The minimum Gasteiger partial charge on any atom is -0.479 e. The van der Waals surface area contributed by atoms with Crippen LogP contribution in [0.4, 0.5) is 5.69 Å². The molecule has 5 nitrogen and oxygen atoms in total. The van der Waals surface area contributed by atoms with E-state index in [9.17, 15) is 9.59 Å². The highest BCUT2D eigenvalue weighted by Crippen LogP contribution is 2.22. The van der Waals surface area contributed by atoms with Gasteiger partial charge in [-0.2, -0.15) is 0 Å². The molecule has 0 unspecified atom stereocenters. The maximum absolute atomic E-state index is 11.3. The zero-order valence-corrected chi connectivity index (χ0v) is 8.32. The third-order valence-electron chi connectivity index (χ3n) is 1.58. The smallest absolute Gasteiger partial charge is 0.342 e. The SMILES string of the molecule is Nc1cccc(Cl)c1C(=O)OCC(=O)O. The Balaban J connectivity index is 2.86. The number of rotatable bonds is 3. The summed E-state index contributed by atoms with van der Waals surface area (Å²) in [5.74, 6) is -2.09. The zero-order valence-electron chi connectivity index (χ0n) is 7.57. The summed E-state index contributed by atoms with van der Waals surface area (Å²) in [5, 5.41) is 8.44. The van der Waals surface area contributed by atoms with Gasteiger partial charge in [-0.25, -0.2) is 9.59 Å². The number of carbonyl (C=O) groups excluding carboxylic acids is 1. The van der Waals surface area contributed by atoms with Crippen LogP contribution in [-0.4, -0.2) is 23.7 Å². The first-order chi connectivity index (χ1) is 7.02. The third-order valence-corrected chi connectivity index (χ3v) is 1.89. The maximum atomic E-state index is 11.3. The number of carboxylic acid groups (broad SMARTS) is 1. The number of carboxylic acids is 1. The number of esters is 1. The lowest BCUT2D eigenvalue weighted by molar-refractivity contribution is -0.140. The van der Waals surface area contributed by atoms with Crippen LogP contribution in [0.1, 0.15) is 10.4 Å². The summed E-state index contributed by atoms with van der Waals surface area (Å²) < 4.78 is 4.45. The van der Waals surface area contributed by atoms with Crippen molar-refractivity contribution in [3.8, 4) is 0 Å². The number of nitrogen functional groups attached to an aromatic ring is 1. The van der Waals surface area contributed by atoms with Gasteiger partial charge < -0.3 is 15.6 Å². The van der Waals surface area contributed by atoms with E-state index in [4.69, 9.17) is 22.4 Å². The predicted molar refractivity (Wildman–Crippen MR) is 53.8 cm³/mol. The van der Waals surface area contributed by atoms with E-state index in [1.807, 2.05) is 0 Å². The van der Waals surface area contributed by atoms with Crippen LogP contribution in [0.5, 0.6) is 0 Å². The van der Waals surface area contributed by atoms with E-state index in [0.29, 0.717) is 0 Å². The van der Waals surface area contributed by atoms with Gasteiger partial charge in [0.15, 0.2) is 6.61 Å². The quantitative estimate of drug-likeness (QED) is 0.600. The minimum atomic E-state index is -1.24. The number of hydrogen-bond acceptors (Lipinski definition) is 4. The standard InChI is InChI=1S/C9H8ClNO4/c10-5-2-1-3-6(11)8(5)9(14)15-4-7(12)13/h1-3H,4,11H2,(H,12,13). The predicted octanol–water partition coefficient (Wildman–Crippen LogP) is 1.16. The average molecular weight is 230 g/mol. The Bertz CT molecular complexity index is 385. The summed E-state index contributed by atoms with van der Waals surface area (Å²) in [7, 11) is 0. The highest BCUT2D eigenvalue weighted by Gasteiger charge is 2.16. The van der Waals surface area contributed by atoms with Gasteiger partial charge in [-0.15, -0.1) is 0 Å². The Hall–Kier alpha value is -1.75. The van der Waals surface area contributed by atoms with Gasteiger partial charge in [0.05, 0.1) is 5.02 Å². The van der Waals surface area contributed by atoms with Crippen LogP contribution in [0.3, 0.4) is 0 Å². The van der Waals surface area contributed by atoms with Gasteiger partial charge in [0.1, 0.15) is 5.56 Å². The van der Waals surface area contributed by atoms with E-state index in [1.165, 1.54) is 12.1 Å². The van der Waals surface area contributed by atoms with Crippen LogP contribution in [-0.2, 0) is 9.53 Å². The minimum absolute atomic E-state index is 0.0135. The molecule has 0 aliphatic carbocycles. The van der Waals surface area contributed by atoms with Crippen molar-refractivity contribution in [2.75, 3.05) is 12.3 Å². The second kappa shape index (κ2) is 4.65. The number of hydrogen-bond donors (Lipinski definition) is 2. The number of halogens is 1. The van der Waals surface area contributed by atoms with Gasteiger partial charge in [0, 0.05) is 5.69 Å². The van der Waals surface area contributed by atoms with E-state index in [-0.39, 0.29) is 16.3 Å². The fourth-order valence-corrected chi connectivity index (χ4v) is 1.21. The van der Waals surface area contributed by atoms with Crippen molar-refractivity contribution < 1.29 is 19.4 Å². The first-order valence-corrected chi connectivity index (χ1v) is 4.33. The Morgan fingerprint density at radius 2 is 2.13 bits per heavy atom. The fraction of sp³-hybridized carbons (Fsp3) is 0.111. The zero-order chi connectivity index (χ0) is 11.4. The van der Waals surface area contributed by atoms with Crippen LogP contribution in [0.2, 0.25) is 5.02 Å². The summed E-state index contributed by atoms with van der Waals surface area (Å²) in [5.41, 5.74) is 5.63. The van der Waals surface area contributed by atoms with E-state index in [0.717, 1.165) is 0 Å². The van der Waals surface area contributed by atoms with E-state index in [1.54, 1.807) is 6.07 Å². The molecule has 0 aliphatic heterocycles. The van der Waals surface area contributed by atoms with Crippen LogP contribution in [0, 0.1) is 0 Å². The highest BCUT2D eigenvalue weighted by molar-refractivity contribution is 6.34. The largest absolute Gasteiger partial charge is 0.479 e. The fourth-order valence-electron chi connectivity index (χ4n) is 0.956. The molecule has 0 amide bonds. The van der Waals surface area contributed by atoms with Crippen LogP contribution in [0.15, 0.2) is 18.2 Å². The number of anilines is 1. The number of ether oxygens (including phenoxy) is 1. The molecule has 0 radical (unpaired) electrons. The monoisotopic (exact) mass is 229 g/mol. The van der Waals surface area contributed by atoms with E-state index in [2.05, 4.69) is 4.74 Å². The molecule has 0 heterocycles. The molecule has 0 bridgehead atoms. The van der Waals surface area contributed by atoms with Crippen molar-refractivity contribution in [3.05, 3.63) is 28.8 Å². The molecule has 0 saturated heterocycles. The molecule has 0 spiro atoms. The Morgan fingerprint density at radius 3 is 2.67 bits per heavy atom. The van der Waals surface area contributed by atoms with Crippen molar-refractivity contribution in [3.63, 3.8) is 0 Å². The molecule has 0 aromatic heterocycles. The lowest BCUT2D eigenvalue weighted by atomic mass is 10.2. The Kier molecular flexibility index (Phi) is 3.51. The molecule has 3 N–H and O–H groups in total. The van der Waals surface area contributed by atoms with E-state index >= 15 is 0 Å². The molecule has 1 rings (SSSR count). The van der Waals surface area contributed by atoms with Gasteiger partial charge in [-0.1, -0.05) is 17.7 Å². The first-order valence-electron chi connectivity index (χ1n) is 3.95. The van der Waals surface area contributed by atoms with Crippen molar-refractivity contribution in [2.45, 2.75) is 0 Å². The van der Waals surface area contributed by atoms with E-state index < -0.39 is 18.5 Å². The molecule has 15 heavy (non-hydrogen) atoms. The lowest BCUT2D eigenvalue weighted by Crippen LogP contribution is -2.14. The van der Waals surface area contributed by atoms with Crippen LogP contribution in [0.25, 0.3) is 0 Å². The first kappa shape index (κ1) is 11.3. The molecule has 0 atom stereocenters. The van der Waals surface area contributed by atoms with Crippen molar-refractivity contribution >= 4 is 29.2 Å². The van der Waals surface area contributed by atoms with Gasteiger partial charge in [-0.3, -0.25) is 0 Å². The number of carbonyl (C=O) groups is 2. The molecular formula is C9H8ClNO4. The van der Waals surface area contributed by atoms with Crippen LogP contribution < -0.4 is 5.73 Å². The topological polar surface area (TPSA) is 89.6 Å². The molecular weight excluding hydrogens is 222 g/mol. The molecule has 0 fully saturated rings. The molecule has 80 valence electrons. The Morgan fingerprint density at radius 1 is 1.47 bits per heavy atom. The molecule has 1 aromatic rings. The van der Waals surface area contributed by atoms with Gasteiger partial charge in [-0.05, 0) is 12.1 Å². The van der Waals surface area contributed by atoms with Crippen molar-refractivity contribution in [2.24, 2.45) is 0 Å². The summed E-state index contributed by atoms with van der Waals surface area (Å²) in [4.78, 5) is 21.5. The number of aliphatic carboxylic acids is 1. The molecule has 0 saturated carbocycles. The van der Waals surface area contributed by atoms with Crippen molar-refractivity contribution in [1.29, 1.82) is 0 Å². The summed E-state index contributed by atoms with van der Waals surface area (Å²) in [6, 6.07) is 4.52. The normalized spacial score (nSPS) is 9.67. The lowest BCUT2D eigenvalue weighted by Gasteiger charge is -2.06. The summed E-state index contributed by atoms with van der Waals surface area (Å²) in [6.07, 6.45) is 0. The summed E-state index contributed by atoms with van der Waals surface area (Å²) >= 11 is 5.71. The Labute approximate surface area is 90.4 Å². The van der Waals surface area contributed by atoms with Gasteiger partial charge in [0.25, 0.3) is 0 Å². The van der Waals surface area contributed by atoms with Crippen molar-refractivity contribution in [1.82, 2.24) is 0 Å². The highest BCUT2D eigenvalue weighted by atomic mass is 35.5. The van der Waals surface area contributed by atoms with Crippen LogP contribution >= 0.6 is 11.6 Å². The second-order valence-corrected chi connectivity index (χ2v) is 3.08. The van der Waals surface area contributed by atoms with Gasteiger partial charge >= 0.3 is 11.9 Å². The van der Waals surface area contributed by atoms with Gasteiger partial charge in [0.2, 0.25) is 0 Å². The third kappa shape index (κ3) is 2.85. The molecule has 0 aliphatic rings.